The number of carbonyl (C=O) groups excluding carboxylic acids is 2. The van der Waals surface area contributed by atoms with E-state index in [0.29, 0.717) is 48.2 Å². The van der Waals surface area contributed by atoms with Gasteiger partial charge in [-0.15, -0.1) is 12.6 Å². The number of anilines is 2. The molecule has 0 radical (unpaired) electrons. The number of urea groups is 1. The lowest BCUT2D eigenvalue weighted by atomic mass is 9.92. The van der Waals surface area contributed by atoms with E-state index in [0.717, 1.165) is 0 Å². The summed E-state index contributed by atoms with van der Waals surface area (Å²) >= 11 is 4.14. The summed E-state index contributed by atoms with van der Waals surface area (Å²) in [5, 5.41) is 2.98. The minimum absolute atomic E-state index is 0.204. The molecule has 0 aliphatic carbocycles. The molecule has 35 heavy (non-hydrogen) atoms. The number of carbonyl (C=O) groups is 2. The molecule has 2 aromatic rings. The molecule has 4 rings (SSSR count). The predicted molar refractivity (Wildman–Crippen MR) is 129 cm³/mol. The first-order valence-corrected chi connectivity index (χ1v) is 11.9. The molecule has 0 spiro atoms. The molecular weight excluding hydrogens is 475 g/mol. The van der Waals surface area contributed by atoms with Crippen LogP contribution in [0, 0.1) is 18.7 Å². The number of thiol groups is 1. The van der Waals surface area contributed by atoms with Gasteiger partial charge >= 0.3 is 6.03 Å². The smallest absolute Gasteiger partial charge is 0.336 e. The minimum Gasteiger partial charge on any atom is -0.474 e. The van der Waals surface area contributed by atoms with Gasteiger partial charge in [0.1, 0.15) is 24.1 Å². The van der Waals surface area contributed by atoms with E-state index in [2.05, 4.69) is 38.8 Å². The second-order valence-corrected chi connectivity index (χ2v) is 9.50. The number of fused-ring (bicyclic) bond motifs is 2. The highest BCUT2D eigenvalue weighted by molar-refractivity contribution is 7.80. The van der Waals surface area contributed by atoms with Crippen molar-refractivity contribution in [3.63, 3.8) is 0 Å². The van der Waals surface area contributed by atoms with Gasteiger partial charge in [-0.2, -0.15) is 0 Å². The second-order valence-electron chi connectivity index (χ2n) is 8.98. The van der Waals surface area contributed by atoms with Gasteiger partial charge in [0.05, 0.1) is 36.5 Å². The van der Waals surface area contributed by atoms with E-state index in [1.165, 1.54) is 12.4 Å². The fourth-order valence-electron chi connectivity index (χ4n) is 4.19. The Morgan fingerprint density at radius 3 is 2.57 bits per heavy atom. The Hall–Kier alpha value is -3.12. The van der Waals surface area contributed by atoms with Crippen LogP contribution in [0.25, 0.3) is 0 Å². The third-order valence-electron chi connectivity index (χ3n) is 6.05. The van der Waals surface area contributed by atoms with Crippen LogP contribution in [-0.4, -0.2) is 58.2 Å². The van der Waals surface area contributed by atoms with E-state index in [1.807, 2.05) is 0 Å². The number of hydrazine groups is 1. The van der Waals surface area contributed by atoms with Crippen LogP contribution in [0.4, 0.5) is 20.7 Å². The maximum atomic E-state index is 14.3. The molecule has 0 saturated carbocycles. The summed E-state index contributed by atoms with van der Waals surface area (Å²) in [6.45, 7) is 6.04. The highest BCUT2D eigenvalue weighted by Gasteiger charge is 2.43. The van der Waals surface area contributed by atoms with Crippen molar-refractivity contribution in [2.75, 3.05) is 18.5 Å². The van der Waals surface area contributed by atoms with Gasteiger partial charge in [-0.3, -0.25) is 10.2 Å². The third-order valence-corrected chi connectivity index (χ3v) is 6.33. The summed E-state index contributed by atoms with van der Waals surface area (Å²) in [5.41, 5.74) is 5.86. The summed E-state index contributed by atoms with van der Waals surface area (Å²) in [5.74, 6) is -0.127. The van der Waals surface area contributed by atoms with Crippen molar-refractivity contribution < 1.29 is 23.5 Å². The summed E-state index contributed by atoms with van der Waals surface area (Å²) in [6, 6.07) is 3.80. The molecule has 2 aliphatic heterocycles. The number of benzene rings is 1. The third kappa shape index (κ3) is 5.76. The van der Waals surface area contributed by atoms with Crippen molar-refractivity contribution in [3.05, 3.63) is 35.9 Å². The number of rotatable bonds is 5. The molecule has 2 atom stereocenters. The number of aromatic nitrogens is 2. The molecule has 3 heterocycles. The Bertz CT molecular complexity index is 1090. The predicted octanol–water partition coefficient (Wildman–Crippen LogP) is 2.96. The molecule has 3 amide bonds. The maximum Gasteiger partial charge on any atom is 0.336 e. The molecule has 188 valence electrons. The molecule has 2 aliphatic rings. The summed E-state index contributed by atoms with van der Waals surface area (Å²) in [7, 11) is 0. The fourth-order valence-corrected chi connectivity index (χ4v) is 4.37. The van der Waals surface area contributed by atoms with Crippen molar-refractivity contribution in [1.82, 2.24) is 25.7 Å². The van der Waals surface area contributed by atoms with E-state index in [1.54, 1.807) is 37.8 Å². The van der Waals surface area contributed by atoms with Gasteiger partial charge in [0, 0.05) is 23.7 Å². The number of morpholine rings is 1. The zero-order valence-electron chi connectivity index (χ0n) is 19.7. The molecule has 3 N–H and O–H groups in total. The highest BCUT2D eigenvalue weighted by atomic mass is 32.1. The first-order valence-electron chi connectivity index (χ1n) is 11.4. The van der Waals surface area contributed by atoms with Gasteiger partial charge in [0.25, 0.3) is 0 Å². The van der Waals surface area contributed by atoms with E-state index >= 15 is 0 Å². The van der Waals surface area contributed by atoms with E-state index < -0.39 is 5.82 Å². The Kier molecular flexibility index (Phi) is 7.60. The van der Waals surface area contributed by atoms with E-state index in [-0.39, 0.29) is 41.7 Å². The monoisotopic (exact) mass is 504 g/mol. The fraction of sp³-hybridized carbons (Fsp3) is 0.478. The topological polar surface area (TPSA) is 118 Å². The Balaban J connectivity index is 1.42. The number of piperidine rings is 1. The standard InChI is InChI=1S/C23H29FN6O4S/c1-12(2)21(31)28-29-23(32)30-14-6-16(7-15(30)10-33-9-14)34-22-13(3)20(25-11-26-22)27-19-5-4-17(35)8-18(19)24/h4-5,8,11-12,14-16,35H,6-7,9-10H2,1-3H3,(H,28,31)(H,29,32)(H,25,26,27). The SMILES string of the molecule is Cc1c(Nc2ccc(S)cc2F)ncnc1OC1CC2COCC(C1)N2C(=O)NNC(=O)C(C)C. The van der Waals surface area contributed by atoms with Crippen LogP contribution in [-0.2, 0) is 9.53 Å². The van der Waals surface area contributed by atoms with E-state index in [4.69, 9.17) is 9.47 Å². The zero-order valence-corrected chi connectivity index (χ0v) is 20.6. The number of hydrogen-bond acceptors (Lipinski definition) is 8. The van der Waals surface area contributed by atoms with Crippen molar-refractivity contribution in [3.8, 4) is 5.88 Å². The average molecular weight is 505 g/mol. The zero-order chi connectivity index (χ0) is 25.1. The molecule has 12 heteroatoms. The number of amides is 3. The number of ether oxygens (including phenoxy) is 2. The van der Waals surface area contributed by atoms with E-state index in [9.17, 15) is 14.0 Å². The van der Waals surface area contributed by atoms with Crippen LogP contribution in [0.5, 0.6) is 5.88 Å². The molecular formula is C23H29FN6O4S. The van der Waals surface area contributed by atoms with Gasteiger partial charge in [0.2, 0.25) is 11.8 Å². The molecule has 2 bridgehead atoms. The minimum atomic E-state index is -0.443. The number of hydrogen-bond donors (Lipinski definition) is 4. The van der Waals surface area contributed by atoms with Crippen molar-refractivity contribution in [2.45, 2.75) is 56.7 Å². The molecule has 2 fully saturated rings. The molecule has 1 aromatic carbocycles. The van der Waals surface area contributed by atoms with Crippen LogP contribution in [0.2, 0.25) is 0 Å². The second kappa shape index (κ2) is 10.6. The van der Waals surface area contributed by atoms with Crippen LogP contribution < -0.4 is 20.9 Å². The highest BCUT2D eigenvalue weighted by Crippen LogP contribution is 2.32. The van der Waals surface area contributed by atoms with Crippen LogP contribution >= 0.6 is 12.6 Å². The Morgan fingerprint density at radius 2 is 1.91 bits per heavy atom. The largest absolute Gasteiger partial charge is 0.474 e. The first kappa shape index (κ1) is 25.0. The average Bonchev–Trinajstić information content (AvgIpc) is 2.80. The Labute approximate surface area is 208 Å². The van der Waals surface area contributed by atoms with Gasteiger partial charge < -0.3 is 19.7 Å². The Morgan fingerprint density at radius 1 is 1.20 bits per heavy atom. The van der Waals surface area contributed by atoms with Gasteiger partial charge in [-0.25, -0.2) is 24.6 Å². The molecule has 2 saturated heterocycles. The van der Waals surface area contributed by atoms with Gasteiger partial charge in [-0.05, 0) is 25.1 Å². The normalized spacial score (nSPS) is 21.4. The van der Waals surface area contributed by atoms with Crippen molar-refractivity contribution in [1.29, 1.82) is 0 Å². The van der Waals surface area contributed by atoms with Crippen molar-refractivity contribution >= 4 is 36.1 Å². The lowest BCUT2D eigenvalue weighted by Crippen LogP contribution is -2.64. The van der Waals surface area contributed by atoms with Gasteiger partial charge in [0.15, 0.2) is 0 Å². The van der Waals surface area contributed by atoms with Crippen LogP contribution in [0.1, 0.15) is 32.3 Å². The molecule has 2 unspecified atom stereocenters. The summed E-state index contributed by atoms with van der Waals surface area (Å²) in [4.78, 5) is 35.3. The lowest BCUT2D eigenvalue weighted by molar-refractivity contribution is -0.125. The number of nitrogens with zero attached hydrogens (tertiary/aromatic N) is 3. The molecule has 10 nitrogen and oxygen atoms in total. The van der Waals surface area contributed by atoms with Gasteiger partial charge in [-0.1, -0.05) is 13.8 Å². The summed E-state index contributed by atoms with van der Waals surface area (Å²) in [6.07, 6.45) is 2.22. The molecule has 1 aromatic heterocycles. The first-order chi connectivity index (χ1) is 16.7. The maximum absolute atomic E-state index is 14.3. The lowest BCUT2D eigenvalue weighted by Gasteiger charge is -2.47. The quantitative estimate of drug-likeness (QED) is 0.365. The number of nitrogens with one attached hydrogen (secondary N) is 3. The van der Waals surface area contributed by atoms with Crippen LogP contribution in [0.15, 0.2) is 29.4 Å². The summed E-state index contributed by atoms with van der Waals surface area (Å²) < 4.78 is 26.1. The van der Waals surface area contributed by atoms with Crippen LogP contribution in [0.3, 0.4) is 0 Å². The van der Waals surface area contributed by atoms with Crippen molar-refractivity contribution in [2.24, 2.45) is 5.92 Å². The number of halogens is 1.